The Kier molecular flexibility index (Phi) is 6.57. The van der Waals surface area contributed by atoms with Crippen LogP contribution in [0.2, 0.25) is 5.02 Å². The molecule has 3 aromatic carbocycles. The second-order valence-corrected chi connectivity index (χ2v) is 7.46. The maximum Gasteiger partial charge on any atom is 0.282 e. The summed E-state index contributed by atoms with van der Waals surface area (Å²) in [6.07, 6.45) is 1.76. The Bertz CT molecular complexity index is 1170. The summed E-state index contributed by atoms with van der Waals surface area (Å²) in [7, 11) is 0. The first kappa shape index (κ1) is 21.7. The highest BCUT2D eigenvalue weighted by Crippen LogP contribution is 2.32. The zero-order chi connectivity index (χ0) is 22.5. The molecule has 0 atom stereocenters. The number of amides is 1. The fourth-order valence-corrected chi connectivity index (χ4v) is 3.57. The Morgan fingerprint density at radius 1 is 0.906 bits per heavy atom. The average molecular weight is 447 g/mol. The Hall–Kier alpha value is -3.57. The number of nitrogens with zero attached hydrogens (tertiary/aromatic N) is 2. The first-order chi connectivity index (χ1) is 15.6. The molecule has 162 valence electrons. The van der Waals surface area contributed by atoms with Gasteiger partial charge in [-0.3, -0.25) is 9.69 Å². The molecule has 0 radical (unpaired) electrons. The van der Waals surface area contributed by atoms with E-state index in [1.54, 1.807) is 23.1 Å². The van der Waals surface area contributed by atoms with E-state index >= 15 is 0 Å². The molecule has 0 saturated carbocycles. The second kappa shape index (κ2) is 9.71. The van der Waals surface area contributed by atoms with Gasteiger partial charge in [0.05, 0.1) is 18.9 Å². The maximum absolute atomic E-state index is 13.4. The largest absolute Gasteiger partial charge is 0.490 e. The molecule has 5 nitrogen and oxygen atoms in total. The number of halogens is 1. The third-order valence-corrected chi connectivity index (χ3v) is 5.10. The minimum absolute atomic E-state index is 0.210. The van der Waals surface area contributed by atoms with E-state index in [1.807, 2.05) is 74.5 Å². The van der Waals surface area contributed by atoms with Gasteiger partial charge in [0.25, 0.3) is 5.91 Å². The van der Waals surface area contributed by atoms with Gasteiger partial charge in [-0.15, -0.1) is 0 Å². The number of aliphatic imine (C=N–C) groups is 1. The van der Waals surface area contributed by atoms with Gasteiger partial charge in [-0.05, 0) is 61.9 Å². The monoisotopic (exact) mass is 446 g/mol. The van der Waals surface area contributed by atoms with Crippen molar-refractivity contribution in [3.63, 3.8) is 0 Å². The van der Waals surface area contributed by atoms with Gasteiger partial charge in [-0.2, -0.15) is 0 Å². The van der Waals surface area contributed by atoms with Gasteiger partial charge in [-0.1, -0.05) is 48.0 Å². The summed E-state index contributed by atoms with van der Waals surface area (Å²) in [6.45, 7) is 4.90. The van der Waals surface area contributed by atoms with Crippen LogP contribution in [0, 0.1) is 0 Å². The molecule has 0 unspecified atom stereocenters. The molecular weight excluding hydrogens is 424 g/mol. The van der Waals surface area contributed by atoms with Crippen molar-refractivity contribution in [3.05, 3.63) is 94.6 Å². The average Bonchev–Trinajstić information content (AvgIpc) is 3.13. The number of rotatable bonds is 7. The van der Waals surface area contributed by atoms with E-state index < -0.39 is 0 Å². The topological polar surface area (TPSA) is 51.1 Å². The van der Waals surface area contributed by atoms with Gasteiger partial charge in [0, 0.05) is 10.6 Å². The number of amidine groups is 1. The number of carbonyl (C=O) groups excluding carboxylic acids is 1. The molecule has 6 heteroatoms. The van der Waals surface area contributed by atoms with Crippen LogP contribution in [0.1, 0.15) is 25.0 Å². The van der Waals surface area contributed by atoms with Crippen LogP contribution in [0.5, 0.6) is 11.5 Å². The molecule has 0 fully saturated rings. The molecule has 1 aliphatic rings. The van der Waals surface area contributed by atoms with Crippen molar-refractivity contribution < 1.29 is 14.3 Å². The minimum atomic E-state index is -0.210. The summed E-state index contributed by atoms with van der Waals surface area (Å²) < 4.78 is 11.4. The van der Waals surface area contributed by atoms with Crippen LogP contribution in [0.3, 0.4) is 0 Å². The van der Waals surface area contributed by atoms with Gasteiger partial charge in [0.15, 0.2) is 11.5 Å². The highest BCUT2D eigenvalue weighted by molar-refractivity contribution is 6.33. The molecule has 0 bridgehead atoms. The summed E-state index contributed by atoms with van der Waals surface area (Å²) in [5.74, 6) is 1.67. The zero-order valence-corrected chi connectivity index (χ0v) is 18.7. The molecule has 0 saturated heterocycles. The van der Waals surface area contributed by atoms with E-state index in [9.17, 15) is 4.79 Å². The van der Waals surface area contributed by atoms with E-state index in [4.69, 9.17) is 26.1 Å². The lowest BCUT2D eigenvalue weighted by molar-refractivity contribution is -0.113. The van der Waals surface area contributed by atoms with E-state index in [-0.39, 0.29) is 5.91 Å². The molecule has 0 aromatic heterocycles. The molecule has 1 amide bonds. The maximum atomic E-state index is 13.4. The lowest BCUT2D eigenvalue weighted by Crippen LogP contribution is -2.32. The van der Waals surface area contributed by atoms with Gasteiger partial charge in [0.1, 0.15) is 11.5 Å². The molecule has 3 aromatic rings. The normalized spacial score (nSPS) is 14.6. The second-order valence-electron chi connectivity index (χ2n) is 7.02. The summed E-state index contributed by atoms with van der Waals surface area (Å²) in [5.41, 5.74) is 2.69. The van der Waals surface area contributed by atoms with Crippen molar-refractivity contribution in [1.29, 1.82) is 0 Å². The van der Waals surface area contributed by atoms with Crippen molar-refractivity contribution >= 4 is 35.1 Å². The quantitative estimate of drug-likeness (QED) is 0.420. The highest BCUT2D eigenvalue weighted by Gasteiger charge is 2.32. The van der Waals surface area contributed by atoms with E-state index in [1.165, 1.54) is 0 Å². The number of hydrogen-bond acceptors (Lipinski definition) is 4. The van der Waals surface area contributed by atoms with Crippen LogP contribution >= 0.6 is 11.6 Å². The lowest BCUT2D eigenvalue weighted by atomic mass is 10.1. The van der Waals surface area contributed by atoms with Crippen LogP contribution in [-0.4, -0.2) is 25.0 Å². The van der Waals surface area contributed by atoms with E-state index in [0.717, 1.165) is 11.1 Å². The first-order valence-corrected chi connectivity index (χ1v) is 10.8. The Morgan fingerprint density at radius 3 is 2.28 bits per heavy atom. The van der Waals surface area contributed by atoms with Crippen LogP contribution in [0.4, 0.5) is 5.69 Å². The summed E-state index contributed by atoms with van der Waals surface area (Å²) in [5, 5.41) is 0.604. The molecule has 1 aliphatic heterocycles. The summed E-state index contributed by atoms with van der Waals surface area (Å²) in [4.78, 5) is 19.7. The van der Waals surface area contributed by atoms with E-state index in [2.05, 4.69) is 0 Å². The van der Waals surface area contributed by atoms with Crippen molar-refractivity contribution in [1.82, 2.24) is 0 Å². The summed E-state index contributed by atoms with van der Waals surface area (Å²) in [6, 6.07) is 22.4. The third-order valence-electron chi connectivity index (χ3n) is 4.85. The minimum Gasteiger partial charge on any atom is -0.490 e. The van der Waals surface area contributed by atoms with Crippen molar-refractivity contribution in [2.75, 3.05) is 18.1 Å². The van der Waals surface area contributed by atoms with Gasteiger partial charge in [-0.25, -0.2) is 4.99 Å². The number of anilines is 1. The van der Waals surface area contributed by atoms with Gasteiger partial charge in [0.2, 0.25) is 0 Å². The molecule has 4 rings (SSSR count). The summed E-state index contributed by atoms with van der Waals surface area (Å²) >= 11 is 6.05. The SMILES string of the molecule is CCOc1ccc(/C=C2/N=C(c3ccccc3)N(c3ccc(Cl)cc3)C2=O)cc1OCC. The number of hydrogen-bond donors (Lipinski definition) is 0. The first-order valence-electron chi connectivity index (χ1n) is 10.5. The Balaban J connectivity index is 1.76. The Labute approximate surface area is 192 Å². The fraction of sp³-hybridized carbons (Fsp3) is 0.154. The van der Waals surface area contributed by atoms with Crippen LogP contribution < -0.4 is 14.4 Å². The van der Waals surface area contributed by atoms with Crippen LogP contribution in [-0.2, 0) is 4.79 Å². The molecule has 32 heavy (non-hydrogen) atoms. The molecule has 0 spiro atoms. The predicted molar refractivity (Wildman–Crippen MR) is 129 cm³/mol. The lowest BCUT2D eigenvalue weighted by Gasteiger charge is -2.18. The van der Waals surface area contributed by atoms with Gasteiger partial charge >= 0.3 is 0 Å². The molecular formula is C26H23ClN2O3. The fourth-order valence-electron chi connectivity index (χ4n) is 3.44. The number of benzene rings is 3. The number of ether oxygens (including phenoxy) is 2. The van der Waals surface area contributed by atoms with Gasteiger partial charge < -0.3 is 9.47 Å². The smallest absolute Gasteiger partial charge is 0.282 e. The highest BCUT2D eigenvalue weighted by atomic mass is 35.5. The van der Waals surface area contributed by atoms with Crippen molar-refractivity contribution in [2.45, 2.75) is 13.8 Å². The van der Waals surface area contributed by atoms with Crippen molar-refractivity contribution in [2.24, 2.45) is 4.99 Å². The standard InChI is InChI=1S/C26H23ClN2O3/c1-3-31-23-15-10-18(17-24(23)32-4-2)16-22-26(30)29(21-13-11-20(27)12-14-21)25(28-22)19-8-6-5-7-9-19/h5-17H,3-4H2,1-2H3/b22-16+. The van der Waals surface area contributed by atoms with Crippen LogP contribution in [0.15, 0.2) is 83.5 Å². The molecule has 0 aliphatic carbocycles. The predicted octanol–water partition coefficient (Wildman–Crippen LogP) is 5.97. The number of carbonyl (C=O) groups is 1. The molecule has 0 N–H and O–H groups in total. The third kappa shape index (κ3) is 4.53. The Morgan fingerprint density at radius 2 is 1.59 bits per heavy atom. The molecule has 1 heterocycles. The van der Waals surface area contributed by atoms with E-state index in [0.29, 0.717) is 47.0 Å². The van der Waals surface area contributed by atoms with Crippen LogP contribution in [0.25, 0.3) is 6.08 Å². The zero-order valence-electron chi connectivity index (χ0n) is 17.9. The van der Waals surface area contributed by atoms with Crippen molar-refractivity contribution in [3.8, 4) is 11.5 Å².